The third kappa shape index (κ3) is 1.90. The van der Waals surface area contributed by atoms with Crippen molar-refractivity contribution >= 4 is 34.0 Å². The molecule has 0 spiro atoms. The van der Waals surface area contributed by atoms with Gasteiger partial charge in [-0.25, -0.2) is 9.37 Å². The minimum atomic E-state index is -0.462. The molecule has 0 aliphatic rings. The lowest BCUT2D eigenvalue weighted by Crippen LogP contribution is -2.10. The number of nitrogens with two attached hydrogens (primary N) is 1. The van der Waals surface area contributed by atoms with Gasteiger partial charge in [0.05, 0.1) is 5.02 Å². The van der Waals surface area contributed by atoms with Crippen LogP contribution < -0.4 is 5.73 Å². The number of thiophene rings is 1. The van der Waals surface area contributed by atoms with Gasteiger partial charge in [-0.2, -0.15) is 0 Å². The van der Waals surface area contributed by atoms with E-state index in [2.05, 4.69) is 4.98 Å². The molecule has 1 aromatic carbocycles. The first kappa shape index (κ1) is 11.6. The van der Waals surface area contributed by atoms with Gasteiger partial charge in [-0.15, -0.1) is 11.3 Å². The second kappa shape index (κ2) is 4.35. The van der Waals surface area contributed by atoms with Crippen LogP contribution in [0.3, 0.4) is 0 Å². The summed E-state index contributed by atoms with van der Waals surface area (Å²) in [5.41, 5.74) is 6.77. The Morgan fingerprint density at radius 1 is 1.44 bits per heavy atom. The predicted octanol–water partition coefficient (Wildman–Crippen LogP) is 3.73. The van der Waals surface area contributed by atoms with Gasteiger partial charge in [-0.05, 0) is 17.5 Å². The normalized spacial score (nSPS) is 13.1. The van der Waals surface area contributed by atoms with E-state index in [0.29, 0.717) is 17.0 Å². The molecule has 2 heterocycles. The second-order valence-corrected chi connectivity index (χ2v) is 5.17. The van der Waals surface area contributed by atoms with Crippen LogP contribution in [0.15, 0.2) is 34.1 Å². The third-order valence-corrected chi connectivity index (χ3v) is 3.78. The third-order valence-electron chi connectivity index (χ3n) is 2.54. The Balaban J connectivity index is 2.11. The zero-order valence-electron chi connectivity index (χ0n) is 9.06. The van der Waals surface area contributed by atoms with Crippen LogP contribution in [0.25, 0.3) is 11.1 Å². The van der Waals surface area contributed by atoms with E-state index >= 15 is 0 Å². The fourth-order valence-corrected chi connectivity index (χ4v) is 2.66. The number of hydrogen-bond donors (Lipinski definition) is 1. The topological polar surface area (TPSA) is 52.0 Å². The summed E-state index contributed by atoms with van der Waals surface area (Å²) < 4.78 is 18.7. The van der Waals surface area contributed by atoms with Crippen molar-refractivity contribution in [3.05, 3.63) is 51.3 Å². The highest BCUT2D eigenvalue weighted by Crippen LogP contribution is 2.30. The molecule has 0 saturated heterocycles. The van der Waals surface area contributed by atoms with Crippen molar-refractivity contribution in [1.82, 2.24) is 4.98 Å². The first-order valence-electron chi connectivity index (χ1n) is 5.19. The van der Waals surface area contributed by atoms with E-state index in [1.165, 1.54) is 23.5 Å². The molecular formula is C12H8ClFN2OS. The van der Waals surface area contributed by atoms with Gasteiger partial charge in [0, 0.05) is 10.9 Å². The smallest absolute Gasteiger partial charge is 0.217 e. The maximum absolute atomic E-state index is 13.2. The maximum atomic E-state index is 13.2. The summed E-state index contributed by atoms with van der Waals surface area (Å²) in [6.07, 6.45) is 0. The number of benzene rings is 1. The van der Waals surface area contributed by atoms with E-state index in [9.17, 15) is 4.39 Å². The first-order valence-corrected chi connectivity index (χ1v) is 6.45. The summed E-state index contributed by atoms with van der Waals surface area (Å²) in [5, 5.41) is 2.12. The van der Waals surface area contributed by atoms with Crippen molar-refractivity contribution in [2.24, 2.45) is 5.73 Å². The average Bonchev–Trinajstić information content (AvgIpc) is 2.96. The molecule has 3 aromatic rings. The molecule has 1 unspecified atom stereocenters. The van der Waals surface area contributed by atoms with Crippen LogP contribution in [0.5, 0.6) is 0 Å². The van der Waals surface area contributed by atoms with Crippen LogP contribution in [-0.4, -0.2) is 4.98 Å². The van der Waals surface area contributed by atoms with Crippen molar-refractivity contribution in [1.29, 1.82) is 0 Å². The van der Waals surface area contributed by atoms with Gasteiger partial charge < -0.3 is 10.2 Å². The molecule has 0 bridgehead atoms. The largest absolute Gasteiger partial charge is 0.437 e. The number of halogens is 2. The van der Waals surface area contributed by atoms with Gasteiger partial charge in [-0.1, -0.05) is 17.7 Å². The van der Waals surface area contributed by atoms with Crippen LogP contribution in [0, 0.1) is 5.82 Å². The average molecular weight is 283 g/mol. The van der Waals surface area contributed by atoms with Crippen LogP contribution in [-0.2, 0) is 0 Å². The van der Waals surface area contributed by atoms with Crippen LogP contribution in [0.1, 0.15) is 16.8 Å². The molecule has 0 amide bonds. The van der Waals surface area contributed by atoms with Gasteiger partial charge in [0.1, 0.15) is 17.4 Å². The van der Waals surface area contributed by atoms with Gasteiger partial charge in [0.2, 0.25) is 5.89 Å². The highest BCUT2D eigenvalue weighted by molar-refractivity contribution is 7.10. The van der Waals surface area contributed by atoms with E-state index in [4.69, 9.17) is 21.8 Å². The number of oxazole rings is 1. The summed E-state index contributed by atoms with van der Waals surface area (Å²) in [6.45, 7) is 0. The van der Waals surface area contributed by atoms with Crippen molar-refractivity contribution < 1.29 is 8.81 Å². The number of nitrogens with zero attached hydrogens (tertiary/aromatic N) is 1. The maximum Gasteiger partial charge on any atom is 0.217 e. The molecule has 0 aliphatic carbocycles. The molecule has 92 valence electrons. The molecule has 0 radical (unpaired) electrons. The molecule has 18 heavy (non-hydrogen) atoms. The highest BCUT2D eigenvalue weighted by atomic mass is 35.5. The lowest BCUT2D eigenvalue weighted by atomic mass is 10.2. The van der Waals surface area contributed by atoms with Crippen LogP contribution >= 0.6 is 22.9 Å². The first-order chi connectivity index (χ1) is 8.65. The van der Waals surface area contributed by atoms with Crippen molar-refractivity contribution in [3.63, 3.8) is 0 Å². The second-order valence-electron chi connectivity index (χ2n) is 3.78. The molecule has 1 atom stereocenters. The molecule has 3 nitrogen and oxygen atoms in total. The summed E-state index contributed by atoms with van der Waals surface area (Å²) >= 11 is 7.40. The van der Waals surface area contributed by atoms with E-state index in [0.717, 1.165) is 4.88 Å². The number of aromatic nitrogens is 1. The number of rotatable bonds is 2. The highest BCUT2D eigenvalue weighted by Gasteiger charge is 2.18. The van der Waals surface area contributed by atoms with E-state index in [1.54, 1.807) is 0 Å². The minimum Gasteiger partial charge on any atom is -0.437 e. The standard InChI is InChI=1S/C12H8ClFN2OS/c13-7-4-6(14)5-8-11(7)17-12(16-8)10(15)9-2-1-3-18-9/h1-5,10H,15H2. The molecule has 0 aliphatic heterocycles. The van der Waals surface area contributed by atoms with E-state index in [1.807, 2.05) is 17.5 Å². The van der Waals surface area contributed by atoms with Gasteiger partial charge in [0.15, 0.2) is 5.58 Å². The van der Waals surface area contributed by atoms with Crippen molar-refractivity contribution in [3.8, 4) is 0 Å². The van der Waals surface area contributed by atoms with Gasteiger partial charge >= 0.3 is 0 Å². The molecule has 2 aromatic heterocycles. The SMILES string of the molecule is NC(c1nc2cc(F)cc(Cl)c2o1)c1cccs1. The lowest BCUT2D eigenvalue weighted by molar-refractivity contribution is 0.507. The van der Waals surface area contributed by atoms with Crippen LogP contribution in [0.4, 0.5) is 4.39 Å². The minimum absolute atomic E-state index is 0.196. The summed E-state index contributed by atoms with van der Waals surface area (Å²) in [7, 11) is 0. The number of hydrogen-bond acceptors (Lipinski definition) is 4. The molecule has 6 heteroatoms. The van der Waals surface area contributed by atoms with Gasteiger partial charge in [-0.3, -0.25) is 0 Å². The van der Waals surface area contributed by atoms with Crippen molar-refractivity contribution in [2.75, 3.05) is 0 Å². The molecule has 0 saturated carbocycles. The Morgan fingerprint density at radius 2 is 2.28 bits per heavy atom. The summed E-state index contributed by atoms with van der Waals surface area (Å²) in [6, 6.07) is 5.79. The van der Waals surface area contributed by atoms with E-state index in [-0.39, 0.29) is 5.02 Å². The molecular weight excluding hydrogens is 275 g/mol. The fourth-order valence-electron chi connectivity index (χ4n) is 1.70. The molecule has 2 N–H and O–H groups in total. The Morgan fingerprint density at radius 3 is 3.00 bits per heavy atom. The molecule has 0 fully saturated rings. The molecule has 3 rings (SSSR count). The Labute approximate surface area is 111 Å². The van der Waals surface area contributed by atoms with Gasteiger partial charge in [0.25, 0.3) is 0 Å². The zero-order valence-corrected chi connectivity index (χ0v) is 10.6. The van der Waals surface area contributed by atoms with Crippen molar-refractivity contribution in [2.45, 2.75) is 6.04 Å². The number of fused-ring (bicyclic) bond motifs is 1. The monoisotopic (exact) mass is 282 g/mol. The Hall–Kier alpha value is -1.43. The Bertz CT molecular complexity index is 695. The fraction of sp³-hybridized carbons (Fsp3) is 0.0833. The predicted molar refractivity (Wildman–Crippen MR) is 69.3 cm³/mol. The Kier molecular flexibility index (Phi) is 2.81. The van der Waals surface area contributed by atoms with E-state index < -0.39 is 11.9 Å². The van der Waals surface area contributed by atoms with Crippen LogP contribution in [0.2, 0.25) is 5.02 Å². The summed E-state index contributed by atoms with van der Waals surface area (Å²) in [4.78, 5) is 5.11. The lowest BCUT2D eigenvalue weighted by Gasteiger charge is -2.02. The zero-order chi connectivity index (χ0) is 12.7. The quantitative estimate of drug-likeness (QED) is 0.779. The summed E-state index contributed by atoms with van der Waals surface area (Å²) in [5.74, 6) is -0.114.